The first-order valence-electron chi connectivity index (χ1n) is 8.90. The van der Waals surface area contributed by atoms with Gasteiger partial charge in [-0.15, -0.1) is 11.3 Å². The van der Waals surface area contributed by atoms with Crippen molar-refractivity contribution in [3.8, 4) is 0 Å². The summed E-state index contributed by atoms with van der Waals surface area (Å²) in [6.07, 6.45) is 2.59. The zero-order chi connectivity index (χ0) is 20.2. The largest absolute Gasteiger partial charge is 0.598 e. The van der Waals surface area contributed by atoms with E-state index in [-0.39, 0.29) is 5.92 Å². The Morgan fingerprint density at radius 2 is 1.70 bits per heavy atom. The lowest BCUT2D eigenvalue weighted by atomic mass is 9.75. The maximum absolute atomic E-state index is 13.0. The molecule has 0 bridgehead atoms. The standard InChI is InChI=1S/C22H27Cl2NOS/c1-6-8-20(16-9-7-10-19(24)15-16)22(5,25-27(26)21(2,3)4)17-11-13-18(23)14-12-17/h6-7,9-15,20,25H,1,8H2,2-5H3/t20-,22?,27?/m1/s1. The lowest BCUT2D eigenvalue weighted by Crippen LogP contribution is -2.52. The maximum atomic E-state index is 13.0. The van der Waals surface area contributed by atoms with E-state index in [2.05, 4.69) is 24.3 Å². The van der Waals surface area contributed by atoms with Crippen molar-refractivity contribution in [3.05, 3.63) is 82.4 Å². The van der Waals surface area contributed by atoms with Crippen LogP contribution in [0.15, 0.2) is 61.2 Å². The van der Waals surface area contributed by atoms with E-state index in [4.69, 9.17) is 23.2 Å². The van der Waals surface area contributed by atoms with Crippen LogP contribution < -0.4 is 4.72 Å². The van der Waals surface area contributed by atoms with E-state index in [1.165, 1.54) is 0 Å². The zero-order valence-corrected chi connectivity index (χ0v) is 18.6. The summed E-state index contributed by atoms with van der Waals surface area (Å²) < 4.78 is 16.1. The first-order chi connectivity index (χ1) is 12.6. The van der Waals surface area contributed by atoms with Crippen molar-refractivity contribution in [3.63, 3.8) is 0 Å². The van der Waals surface area contributed by atoms with Crippen molar-refractivity contribution in [2.45, 2.75) is 50.3 Å². The number of rotatable bonds is 7. The van der Waals surface area contributed by atoms with Crippen molar-refractivity contribution < 1.29 is 4.55 Å². The molecule has 2 aromatic carbocycles. The van der Waals surface area contributed by atoms with E-state index < -0.39 is 21.6 Å². The van der Waals surface area contributed by atoms with Crippen LogP contribution in [0.5, 0.6) is 0 Å². The Balaban J connectivity index is 2.60. The van der Waals surface area contributed by atoms with Crippen LogP contribution in [0, 0.1) is 0 Å². The maximum Gasteiger partial charge on any atom is 0.136 e. The normalized spacial score (nSPS) is 16.4. The Kier molecular flexibility index (Phi) is 7.46. The predicted molar refractivity (Wildman–Crippen MR) is 119 cm³/mol. The fraction of sp³-hybridized carbons (Fsp3) is 0.364. The Morgan fingerprint density at radius 1 is 1.07 bits per heavy atom. The highest BCUT2D eigenvalue weighted by atomic mass is 35.5. The van der Waals surface area contributed by atoms with Crippen molar-refractivity contribution in [2.24, 2.45) is 0 Å². The van der Waals surface area contributed by atoms with Gasteiger partial charge in [-0.05, 0) is 69.5 Å². The van der Waals surface area contributed by atoms with Gasteiger partial charge in [0.1, 0.15) is 4.75 Å². The second-order valence-electron chi connectivity index (χ2n) is 7.82. The SMILES string of the molecule is C=CC[C@H](c1cccc(Cl)c1)C(C)(N[S+]([O-])C(C)(C)C)c1ccc(Cl)cc1. The van der Waals surface area contributed by atoms with Crippen molar-refractivity contribution in [1.29, 1.82) is 0 Å². The fourth-order valence-electron chi connectivity index (χ4n) is 3.07. The summed E-state index contributed by atoms with van der Waals surface area (Å²) in [6, 6.07) is 15.5. The molecule has 0 amide bonds. The van der Waals surface area contributed by atoms with E-state index in [1.807, 2.05) is 69.3 Å². The molecule has 146 valence electrons. The Morgan fingerprint density at radius 3 is 2.22 bits per heavy atom. The molecule has 5 heteroatoms. The van der Waals surface area contributed by atoms with Gasteiger partial charge >= 0.3 is 0 Å². The molecule has 0 spiro atoms. The van der Waals surface area contributed by atoms with Crippen LogP contribution in [0.3, 0.4) is 0 Å². The molecule has 2 aromatic rings. The summed E-state index contributed by atoms with van der Waals surface area (Å²) in [5.74, 6) is -0.0128. The molecule has 0 aliphatic rings. The number of allylic oxidation sites excluding steroid dienone is 1. The van der Waals surface area contributed by atoms with Gasteiger partial charge in [0.15, 0.2) is 0 Å². The van der Waals surface area contributed by atoms with Crippen LogP contribution in [0.25, 0.3) is 0 Å². The first kappa shape index (κ1) is 22.3. The van der Waals surface area contributed by atoms with Crippen LogP contribution in [-0.4, -0.2) is 9.30 Å². The quantitative estimate of drug-likeness (QED) is 0.400. The van der Waals surface area contributed by atoms with Crippen LogP contribution in [0.1, 0.15) is 51.2 Å². The molecule has 0 aromatic heterocycles. The van der Waals surface area contributed by atoms with Crippen molar-refractivity contribution in [1.82, 2.24) is 4.72 Å². The summed E-state index contributed by atoms with van der Waals surface area (Å²) in [7, 11) is 0. The summed E-state index contributed by atoms with van der Waals surface area (Å²) >= 11 is 11.1. The topological polar surface area (TPSA) is 35.1 Å². The molecule has 2 nitrogen and oxygen atoms in total. The molecule has 0 aliphatic heterocycles. The number of benzene rings is 2. The van der Waals surface area contributed by atoms with Crippen LogP contribution >= 0.6 is 23.2 Å². The van der Waals surface area contributed by atoms with Gasteiger partial charge in [0.25, 0.3) is 0 Å². The second kappa shape index (κ2) is 9.02. The summed E-state index contributed by atoms with van der Waals surface area (Å²) in [4.78, 5) is 0. The summed E-state index contributed by atoms with van der Waals surface area (Å²) in [6.45, 7) is 11.9. The molecule has 0 saturated carbocycles. The Hall–Kier alpha value is -0.970. The first-order valence-corrected chi connectivity index (χ1v) is 10.8. The third-order valence-corrected chi connectivity index (χ3v) is 6.86. The molecule has 2 rings (SSSR count). The van der Waals surface area contributed by atoms with Crippen LogP contribution in [0.4, 0.5) is 0 Å². The number of nitrogens with one attached hydrogen (secondary N) is 1. The van der Waals surface area contributed by atoms with Gasteiger partial charge in [-0.3, -0.25) is 0 Å². The van der Waals surface area contributed by atoms with Crippen LogP contribution in [-0.2, 0) is 16.9 Å². The molecule has 2 unspecified atom stereocenters. The van der Waals surface area contributed by atoms with Gasteiger partial charge < -0.3 is 4.55 Å². The van der Waals surface area contributed by atoms with Gasteiger partial charge in [0.05, 0.1) is 5.54 Å². The predicted octanol–water partition coefficient (Wildman–Crippen LogP) is 6.62. The lowest BCUT2D eigenvalue weighted by molar-refractivity contribution is 0.344. The van der Waals surface area contributed by atoms with Gasteiger partial charge in [-0.2, -0.15) is 0 Å². The molecule has 1 N–H and O–H groups in total. The van der Waals surface area contributed by atoms with E-state index >= 15 is 0 Å². The molecule has 0 radical (unpaired) electrons. The van der Waals surface area contributed by atoms with Crippen molar-refractivity contribution in [2.75, 3.05) is 0 Å². The van der Waals surface area contributed by atoms with Gasteiger partial charge in [0.2, 0.25) is 0 Å². The molecule has 0 aliphatic carbocycles. The van der Waals surface area contributed by atoms with E-state index in [0.717, 1.165) is 11.1 Å². The average molecular weight is 424 g/mol. The van der Waals surface area contributed by atoms with E-state index in [0.29, 0.717) is 16.5 Å². The summed E-state index contributed by atoms with van der Waals surface area (Å²) in [5.41, 5.74) is 1.47. The second-order valence-corrected chi connectivity index (χ2v) is 10.7. The third-order valence-electron chi connectivity index (χ3n) is 4.66. The molecule has 3 atom stereocenters. The zero-order valence-electron chi connectivity index (χ0n) is 16.3. The fourth-order valence-corrected chi connectivity index (χ4v) is 4.34. The molecule has 0 fully saturated rings. The smallest absolute Gasteiger partial charge is 0.136 e. The number of hydrogen-bond acceptors (Lipinski definition) is 2. The highest BCUT2D eigenvalue weighted by Gasteiger charge is 2.43. The van der Waals surface area contributed by atoms with Crippen molar-refractivity contribution >= 4 is 34.6 Å². The molecular formula is C22H27Cl2NOS. The number of hydrogen-bond donors (Lipinski definition) is 1. The molecule has 0 heterocycles. The molecule has 27 heavy (non-hydrogen) atoms. The van der Waals surface area contributed by atoms with Gasteiger partial charge in [-0.25, -0.2) is 0 Å². The summed E-state index contributed by atoms with van der Waals surface area (Å²) in [5, 5.41) is 1.35. The number of halogens is 2. The Bertz CT molecular complexity index is 773. The minimum absolute atomic E-state index is 0.0128. The minimum atomic E-state index is -1.27. The molecule has 0 saturated heterocycles. The Labute approximate surface area is 176 Å². The average Bonchev–Trinajstić information content (AvgIpc) is 2.59. The molecular weight excluding hydrogens is 397 g/mol. The lowest BCUT2D eigenvalue weighted by Gasteiger charge is -2.41. The van der Waals surface area contributed by atoms with Crippen LogP contribution in [0.2, 0.25) is 10.0 Å². The van der Waals surface area contributed by atoms with E-state index in [9.17, 15) is 4.55 Å². The minimum Gasteiger partial charge on any atom is -0.598 e. The third kappa shape index (κ3) is 5.52. The highest BCUT2D eigenvalue weighted by molar-refractivity contribution is 7.90. The monoisotopic (exact) mass is 423 g/mol. The highest BCUT2D eigenvalue weighted by Crippen LogP contribution is 2.42. The van der Waals surface area contributed by atoms with E-state index in [1.54, 1.807) is 0 Å². The van der Waals surface area contributed by atoms with Gasteiger partial charge in [0, 0.05) is 27.3 Å². The van der Waals surface area contributed by atoms with Gasteiger partial charge in [-0.1, -0.05) is 53.5 Å².